The molecule has 0 bridgehead atoms. The molecule has 0 aliphatic heterocycles. The highest BCUT2D eigenvalue weighted by atomic mass is 16.4. The first-order valence-electron chi connectivity index (χ1n) is 11.8. The SMILES string of the molecule is CCN(c1ccc(-c2ccccc2C(=O)O)cc1NC(=O)Nc1ccc(C)cc1)C1CCCC1. The van der Waals surface area contributed by atoms with Gasteiger partial charge in [0, 0.05) is 18.3 Å². The molecule has 3 aromatic carbocycles. The van der Waals surface area contributed by atoms with Crippen LogP contribution in [0.4, 0.5) is 21.9 Å². The Kier molecular flexibility index (Phi) is 7.16. The molecule has 1 aliphatic rings. The van der Waals surface area contributed by atoms with Crippen molar-refractivity contribution in [2.24, 2.45) is 0 Å². The summed E-state index contributed by atoms with van der Waals surface area (Å²) in [7, 11) is 0. The third kappa shape index (κ3) is 5.22. The molecule has 1 aliphatic carbocycles. The van der Waals surface area contributed by atoms with Gasteiger partial charge in [0.05, 0.1) is 16.9 Å². The van der Waals surface area contributed by atoms with Gasteiger partial charge >= 0.3 is 12.0 Å². The summed E-state index contributed by atoms with van der Waals surface area (Å²) in [6.45, 7) is 4.95. The standard InChI is InChI=1S/C28H31N3O3/c1-3-31(22-8-4-5-9-22)26-17-14-20(23-10-6-7-11-24(23)27(32)33)18-25(26)30-28(34)29-21-15-12-19(2)13-16-21/h6-7,10-18,22H,3-5,8-9H2,1-2H3,(H,32,33)(H2,29,30,34). The van der Waals surface area contributed by atoms with Crippen molar-refractivity contribution in [3.63, 3.8) is 0 Å². The van der Waals surface area contributed by atoms with Crippen molar-refractivity contribution in [1.29, 1.82) is 0 Å². The van der Waals surface area contributed by atoms with E-state index in [0.717, 1.165) is 36.2 Å². The van der Waals surface area contributed by atoms with Crippen LogP contribution in [0.3, 0.4) is 0 Å². The van der Waals surface area contributed by atoms with Gasteiger partial charge in [-0.2, -0.15) is 0 Å². The molecule has 0 spiro atoms. The van der Waals surface area contributed by atoms with Gasteiger partial charge in [-0.15, -0.1) is 0 Å². The summed E-state index contributed by atoms with van der Waals surface area (Å²) in [5, 5.41) is 15.6. The summed E-state index contributed by atoms with van der Waals surface area (Å²) >= 11 is 0. The fraction of sp³-hybridized carbons (Fsp3) is 0.286. The highest BCUT2D eigenvalue weighted by Crippen LogP contribution is 2.37. The normalized spacial score (nSPS) is 13.5. The first-order chi connectivity index (χ1) is 16.5. The van der Waals surface area contributed by atoms with Crippen molar-refractivity contribution < 1.29 is 14.7 Å². The number of nitrogens with zero attached hydrogens (tertiary/aromatic N) is 1. The van der Waals surface area contributed by atoms with E-state index < -0.39 is 5.97 Å². The van der Waals surface area contributed by atoms with E-state index in [4.69, 9.17) is 0 Å². The lowest BCUT2D eigenvalue weighted by Crippen LogP contribution is -2.34. The zero-order valence-corrected chi connectivity index (χ0v) is 19.7. The number of amides is 2. The quantitative estimate of drug-likeness (QED) is 0.365. The molecule has 1 saturated carbocycles. The van der Waals surface area contributed by atoms with Crippen LogP contribution in [-0.4, -0.2) is 29.7 Å². The van der Waals surface area contributed by atoms with E-state index in [1.165, 1.54) is 12.8 Å². The number of aryl methyl sites for hydroxylation is 1. The maximum atomic E-state index is 12.9. The Balaban J connectivity index is 1.70. The number of nitrogens with one attached hydrogen (secondary N) is 2. The van der Waals surface area contributed by atoms with Gasteiger partial charge in [-0.3, -0.25) is 0 Å². The van der Waals surface area contributed by atoms with Gasteiger partial charge in [0.1, 0.15) is 0 Å². The van der Waals surface area contributed by atoms with Crippen LogP contribution in [0.5, 0.6) is 0 Å². The lowest BCUT2D eigenvalue weighted by atomic mass is 9.98. The number of carbonyl (C=O) groups excluding carboxylic acids is 1. The minimum atomic E-state index is -0.979. The van der Waals surface area contributed by atoms with Crippen LogP contribution in [0.1, 0.15) is 48.5 Å². The van der Waals surface area contributed by atoms with E-state index in [0.29, 0.717) is 23.0 Å². The van der Waals surface area contributed by atoms with Crippen LogP contribution < -0.4 is 15.5 Å². The predicted octanol–water partition coefficient (Wildman–Crippen LogP) is 6.77. The molecule has 4 rings (SSSR count). The fourth-order valence-corrected chi connectivity index (χ4v) is 4.74. The summed E-state index contributed by atoms with van der Waals surface area (Å²) in [6, 6.07) is 20.5. The number of hydrogen-bond acceptors (Lipinski definition) is 3. The maximum absolute atomic E-state index is 12.9. The molecule has 34 heavy (non-hydrogen) atoms. The number of rotatable bonds is 7. The molecular weight excluding hydrogens is 426 g/mol. The van der Waals surface area contributed by atoms with Crippen LogP contribution in [0, 0.1) is 6.92 Å². The van der Waals surface area contributed by atoms with Gasteiger partial charge in [-0.25, -0.2) is 9.59 Å². The summed E-state index contributed by atoms with van der Waals surface area (Å²) < 4.78 is 0. The summed E-state index contributed by atoms with van der Waals surface area (Å²) in [5.41, 5.74) is 5.03. The lowest BCUT2D eigenvalue weighted by molar-refractivity contribution is 0.0697. The van der Waals surface area contributed by atoms with Crippen LogP contribution in [0.25, 0.3) is 11.1 Å². The maximum Gasteiger partial charge on any atom is 0.336 e. The zero-order chi connectivity index (χ0) is 24.1. The highest BCUT2D eigenvalue weighted by molar-refractivity contribution is 6.03. The Morgan fingerprint density at radius 3 is 2.35 bits per heavy atom. The van der Waals surface area contributed by atoms with E-state index >= 15 is 0 Å². The number of carboxylic acids is 1. The van der Waals surface area contributed by atoms with Gasteiger partial charge in [-0.1, -0.05) is 54.8 Å². The molecule has 6 heteroatoms. The Morgan fingerprint density at radius 1 is 0.971 bits per heavy atom. The Morgan fingerprint density at radius 2 is 1.68 bits per heavy atom. The van der Waals surface area contributed by atoms with Crippen molar-refractivity contribution in [2.45, 2.75) is 45.6 Å². The number of aromatic carboxylic acids is 1. The summed E-state index contributed by atoms with van der Waals surface area (Å²) in [5.74, 6) is -0.979. The minimum Gasteiger partial charge on any atom is -0.478 e. The molecule has 6 nitrogen and oxygen atoms in total. The van der Waals surface area contributed by atoms with Crippen LogP contribution in [0.2, 0.25) is 0 Å². The zero-order valence-electron chi connectivity index (χ0n) is 19.7. The van der Waals surface area contributed by atoms with Crippen LogP contribution >= 0.6 is 0 Å². The highest BCUT2D eigenvalue weighted by Gasteiger charge is 2.24. The average Bonchev–Trinajstić information content (AvgIpc) is 3.36. The van der Waals surface area contributed by atoms with E-state index in [1.54, 1.807) is 18.2 Å². The fourth-order valence-electron chi connectivity index (χ4n) is 4.74. The number of carbonyl (C=O) groups is 2. The minimum absolute atomic E-state index is 0.230. The van der Waals surface area contributed by atoms with Crippen LogP contribution in [-0.2, 0) is 0 Å². The second-order valence-electron chi connectivity index (χ2n) is 8.75. The molecule has 0 aromatic heterocycles. The van der Waals surface area contributed by atoms with Gasteiger partial charge < -0.3 is 20.6 Å². The molecule has 3 N–H and O–H groups in total. The molecule has 0 atom stereocenters. The van der Waals surface area contributed by atoms with Crippen molar-refractivity contribution in [3.8, 4) is 11.1 Å². The molecule has 0 radical (unpaired) electrons. The predicted molar refractivity (Wildman–Crippen MR) is 138 cm³/mol. The van der Waals surface area contributed by atoms with Gasteiger partial charge in [0.15, 0.2) is 0 Å². The third-order valence-corrected chi connectivity index (χ3v) is 6.44. The van der Waals surface area contributed by atoms with E-state index in [2.05, 4.69) is 22.5 Å². The Hall–Kier alpha value is -3.80. The Labute approximate surface area is 200 Å². The number of benzene rings is 3. The number of anilines is 3. The van der Waals surface area contributed by atoms with Crippen molar-refractivity contribution >= 4 is 29.1 Å². The summed E-state index contributed by atoms with van der Waals surface area (Å²) in [6.07, 6.45) is 4.68. The monoisotopic (exact) mass is 457 g/mol. The second-order valence-corrected chi connectivity index (χ2v) is 8.75. The number of hydrogen-bond donors (Lipinski definition) is 3. The Bertz CT molecular complexity index is 1170. The molecule has 3 aromatic rings. The molecule has 176 valence electrons. The molecule has 1 fully saturated rings. The first-order valence-corrected chi connectivity index (χ1v) is 11.8. The molecule has 0 heterocycles. The van der Waals surface area contributed by atoms with Gasteiger partial charge in [0.25, 0.3) is 0 Å². The first kappa shape index (κ1) is 23.4. The molecule has 0 saturated heterocycles. The van der Waals surface area contributed by atoms with Crippen molar-refractivity contribution in [1.82, 2.24) is 0 Å². The average molecular weight is 458 g/mol. The van der Waals surface area contributed by atoms with E-state index in [9.17, 15) is 14.7 Å². The molecular formula is C28H31N3O3. The van der Waals surface area contributed by atoms with Crippen molar-refractivity contribution in [2.75, 3.05) is 22.1 Å². The summed E-state index contributed by atoms with van der Waals surface area (Å²) in [4.78, 5) is 27.1. The van der Waals surface area contributed by atoms with E-state index in [1.807, 2.05) is 55.5 Å². The van der Waals surface area contributed by atoms with Gasteiger partial charge in [0.2, 0.25) is 0 Å². The topological polar surface area (TPSA) is 81.7 Å². The molecule has 0 unspecified atom stereocenters. The number of urea groups is 1. The largest absolute Gasteiger partial charge is 0.478 e. The van der Waals surface area contributed by atoms with Crippen LogP contribution in [0.15, 0.2) is 66.7 Å². The third-order valence-electron chi connectivity index (χ3n) is 6.44. The van der Waals surface area contributed by atoms with Crippen molar-refractivity contribution in [3.05, 3.63) is 77.9 Å². The van der Waals surface area contributed by atoms with Gasteiger partial charge in [-0.05, 0) is 68.1 Å². The van der Waals surface area contributed by atoms with E-state index in [-0.39, 0.29) is 11.6 Å². The smallest absolute Gasteiger partial charge is 0.336 e. The molecule has 2 amide bonds. The second kappa shape index (κ2) is 10.4. The lowest BCUT2D eigenvalue weighted by Gasteiger charge is -2.32. The number of carboxylic acid groups (broad SMARTS) is 1.